The van der Waals surface area contributed by atoms with E-state index in [4.69, 9.17) is 10.7 Å². The first-order valence-corrected chi connectivity index (χ1v) is 8.97. The van der Waals surface area contributed by atoms with Crippen LogP contribution >= 0.6 is 0 Å². The summed E-state index contributed by atoms with van der Waals surface area (Å²) in [7, 11) is 0. The number of aromatic nitrogens is 1. The Morgan fingerprint density at radius 1 is 1.29 bits per heavy atom. The summed E-state index contributed by atoms with van der Waals surface area (Å²) in [5.74, 6) is 3.09. The molecule has 21 heavy (non-hydrogen) atoms. The Hall–Kier alpha value is -0.890. The van der Waals surface area contributed by atoms with Gasteiger partial charge >= 0.3 is 0 Å². The Bertz CT molecular complexity index is 457. The predicted octanol–water partition coefficient (Wildman–Crippen LogP) is 4.29. The molecule has 4 unspecified atom stereocenters. The van der Waals surface area contributed by atoms with Gasteiger partial charge in [-0.3, -0.25) is 4.98 Å². The van der Waals surface area contributed by atoms with Gasteiger partial charge in [0.2, 0.25) is 0 Å². The zero-order valence-corrected chi connectivity index (χ0v) is 13.4. The second-order valence-corrected chi connectivity index (χ2v) is 7.17. The summed E-state index contributed by atoms with van der Waals surface area (Å²) >= 11 is 0. The number of nitrogens with zero attached hydrogens (tertiary/aromatic N) is 1. The zero-order chi connectivity index (χ0) is 14.7. The second-order valence-electron chi connectivity index (χ2n) is 7.17. The normalized spacial score (nSPS) is 32.7. The monoisotopic (exact) mass is 286 g/mol. The average Bonchev–Trinajstić information content (AvgIpc) is 2.54. The van der Waals surface area contributed by atoms with Crippen LogP contribution in [0, 0.1) is 17.8 Å². The van der Waals surface area contributed by atoms with Crippen LogP contribution in [0.25, 0.3) is 0 Å². The summed E-state index contributed by atoms with van der Waals surface area (Å²) in [4.78, 5) is 4.77. The van der Waals surface area contributed by atoms with E-state index in [1.807, 2.05) is 6.20 Å². The third-order valence-corrected chi connectivity index (χ3v) is 5.91. The van der Waals surface area contributed by atoms with E-state index < -0.39 is 0 Å². The molecule has 0 saturated heterocycles. The molecule has 2 nitrogen and oxygen atoms in total. The van der Waals surface area contributed by atoms with E-state index in [0.717, 1.165) is 24.3 Å². The topological polar surface area (TPSA) is 38.9 Å². The highest BCUT2D eigenvalue weighted by atomic mass is 14.7. The van der Waals surface area contributed by atoms with Crippen molar-refractivity contribution in [1.82, 2.24) is 4.98 Å². The zero-order valence-electron chi connectivity index (χ0n) is 13.4. The van der Waals surface area contributed by atoms with E-state index in [1.54, 1.807) is 0 Å². The van der Waals surface area contributed by atoms with Gasteiger partial charge in [-0.15, -0.1) is 0 Å². The minimum absolute atomic E-state index is 0.670. The lowest BCUT2D eigenvalue weighted by Gasteiger charge is -2.42. The molecule has 116 valence electrons. The Morgan fingerprint density at radius 2 is 2.19 bits per heavy atom. The molecule has 2 aliphatic carbocycles. The van der Waals surface area contributed by atoms with Crippen molar-refractivity contribution in [2.24, 2.45) is 23.5 Å². The van der Waals surface area contributed by atoms with Gasteiger partial charge in [0.05, 0.1) is 0 Å². The summed E-state index contributed by atoms with van der Waals surface area (Å²) in [6.45, 7) is 3.18. The molecule has 2 aliphatic rings. The van der Waals surface area contributed by atoms with Gasteiger partial charge in [-0.2, -0.15) is 0 Å². The molecule has 2 heteroatoms. The molecule has 1 saturated carbocycles. The van der Waals surface area contributed by atoms with E-state index in [-0.39, 0.29) is 0 Å². The highest BCUT2D eigenvalue weighted by Crippen LogP contribution is 2.46. The maximum Gasteiger partial charge on any atom is 0.0469 e. The van der Waals surface area contributed by atoms with Gasteiger partial charge in [0.15, 0.2) is 0 Å². The van der Waals surface area contributed by atoms with Crippen molar-refractivity contribution in [3.8, 4) is 0 Å². The van der Waals surface area contributed by atoms with Crippen LogP contribution in [-0.4, -0.2) is 11.5 Å². The van der Waals surface area contributed by atoms with Crippen LogP contribution in [0.5, 0.6) is 0 Å². The molecule has 0 aromatic carbocycles. The summed E-state index contributed by atoms with van der Waals surface area (Å²) in [5.41, 5.74) is 9.03. The summed E-state index contributed by atoms with van der Waals surface area (Å²) < 4.78 is 0. The third kappa shape index (κ3) is 3.15. The number of pyridine rings is 1. The van der Waals surface area contributed by atoms with Gasteiger partial charge in [-0.1, -0.05) is 32.3 Å². The maximum absolute atomic E-state index is 6.12. The quantitative estimate of drug-likeness (QED) is 0.896. The van der Waals surface area contributed by atoms with E-state index in [9.17, 15) is 0 Å². The number of nitrogens with two attached hydrogens (primary N) is 1. The molecular formula is C19H30N2. The molecule has 0 bridgehead atoms. The predicted molar refractivity (Wildman–Crippen MR) is 88.2 cm³/mol. The van der Waals surface area contributed by atoms with Gasteiger partial charge in [-0.05, 0) is 68.0 Å². The standard InChI is InChI=1S/C19H30N2/c1-2-5-14-9-10-16(13-20)18(12-14)17-8-3-6-15-7-4-11-21-19(15)17/h4,7,11,14,16-18H,2-3,5-6,8-10,12-13,20H2,1H3. The highest BCUT2D eigenvalue weighted by Gasteiger charge is 2.37. The van der Waals surface area contributed by atoms with Crippen molar-refractivity contribution < 1.29 is 0 Å². The fourth-order valence-electron chi connectivity index (χ4n) is 4.88. The largest absolute Gasteiger partial charge is 0.330 e. The van der Waals surface area contributed by atoms with Gasteiger partial charge in [-0.25, -0.2) is 0 Å². The molecule has 1 heterocycles. The average molecular weight is 286 g/mol. The molecule has 1 fully saturated rings. The van der Waals surface area contributed by atoms with Gasteiger partial charge in [0.25, 0.3) is 0 Å². The Balaban J connectivity index is 1.83. The lowest BCUT2D eigenvalue weighted by molar-refractivity contribution is 0.140. The minimum Gasteiger partial charge on any atom is -0.330 e. The van der Waals surface area contributed by atoms with Crippen LogP contribution in [0.15, 0.2) is 18.3 Å². The molecule has 1 aromatic heterocycles. The summed E-state index contributed by atoms with van der Waals surface area (Å²) in [5, 5.41) is 0. The second kappa shape index (κ2) is 6.91. The molecule has 0 spiro atoms. The third-order valence-electron chi connectivity index (χ3n) is 5.91. The maximum atomic E-state index is 6.12. The van der Waals surface area contributed by atoms with Crippen LogP contribution < -0.4 is 5.73 Å². The molecule has 3 rings (SSSR count). The molecule has 4 atom stereocenters. The number of hydrogen-bond acceptors (Lipinski definition) is 2. The lowest BCUT2D eigenvalue weighted by atomic mass is 9.64. The number of fused-ring (bicyclic) bond motifs is 1. The van der Waals surface area contributed by atoms with Crippen molar-refractivity contribution in [3.05, 3.63) is 29.6 Å². The highest BCUT2D eigenvalue weighted by molar-refractivity contribution is 5.27. The first kappa shape index (κ1) is 15.0. The number of rotatable bonds is 4. The van der Waals surface area contributed by atoms with Crippen LogP contribution in [0.4, 0.5) is 0 Å². The number of hydrogen-bond donors (Lipinski definition) is 1. The molecule has 1 aromatic rings. The van der Waals surface area contributed by atoms with Crippen LogP contribution in [-0.2, 0) is 6.42 Å². The van der Waals surface area contributed by atoms with Crippen molar-refractivity contribution in [1.29, 1.82) is 0 Å². The first-order chi connectivity index (χ1) is 10.3. The van der Waals surface area contributed by atoms with Gasteiger partial charge in [0.1, 0.15) is 0 Å². The fourth-order valence-corrected chi connectivity index (χ4v) is 4.88. The van der Waals surface area contributed by atoms with Crippen molar-refractivity contribution >= 4 is 0 Å². The number of aryl methyl sites for hydroxylation is 1. The van der Waals surface area contributed by atoms with E-state index in [1.165, 1.54) is 62.6 Å². The van der Waals surface area contributed by atoms with E-state index >= 15 is 0 Å². The van der Waals surface area contributed by atoms with Crippen molar-refractivity contribution in [3.63, 3.8) is 0 Å². The summed E-state index contributed by atoms with van der Waals surface area (Å²) in [6, 6.07) is 4.39. The molecule has 0 radical (unpaired) electrons. The molecular weight excluding hydrogens is 256 g/mol. The summed E-state index contributed by atoms with van der Waals surface area (Å²) in [6.07, 6.45) is 12.7. The lowest BCUT2D eigenvalue weighted by Crippen LogP contribution is -2.35. The van der Waals surface area contributed by atoms with Crippen LogP contribution in [0.2, 0.25) is 0 Å². The van der Waals surface area contributed by atoms with E-state index in [0.29, 0.717) is 5.92 Å². The smallest absolute Gasteiger partial charge is 0.0469 e. The Kier molecular flexibility index (Phi) is 4.95. The SMILES string of the molecule is CCCC1CCC(CN)C(C2CCCc3cccnc32)C1. The fraction of sp³-hybridized carbons (Fsp3) is 0.737. The molecule has 0 amide bonds. The van der Waals surface area contributed by atoms with Crippen molar-refractivity contribution in [2.45, 2.75) is 64.2 Å². The Morgan fingerprint density at radius 3 is 3.00 bits per heavy atom. The first-order valence-electron chi connectivity index (χ1n) is 8.97. The van der Waals surface area contributed by atoms with Crippen LogP contribution in [0.3, 0.4) is 0 Å². The van der Waals surface area contributed by atoms with Gasteiger partial charge < -0.3 is 5.73 Å². The molecule has 2 N–H and O–H groups in total. The van der Waals surface area contributed by atoms with E-state index in [2.05, 4.69) is 19.1 Å². The Labute approximate surface area is 129 Å². The van der Waals surface area contributed by atoms with Crippen molar-refractivity contribution in [2.75, 3.05) is 6.54 Å². The van der Waals surface area contributed by atoms with Crippen LogP contribution in [0.1, 0.15) is 69.0 Å². The minimum atomic E-state index is 0.670. The van der Waals surface area contributed by atoms with Gasteiger partial charge in [0, 0.05) is 17.8 Å². The molecule has 0 aliphatic heterocycles.